The molecule has 2 aromatic rings. The zero-order chi connectivity index (χ0) is 19.1. The van der Waals surface area contributed by atoms with E-state index >= 15 is 0 Å². The molecule has 0 aliphatic heterocycles. The Bertz CT molecular complexity index is 762. The molecule has 2 aromatic carbocycles. The van der Waals surface area contributed by atoms with Gasteiger partial charge < -0.3 is 20.5 Å². The Morgan fingerprint density at radius 2 is 1.58 bits per heavy atom. The normalized spacial score (nSPS) is 10.4. The minimum atomic E-state index is -0.426. The van der Waals surface area contributed by atoms with Gasteiger partial charge in [0.05, 0.1) is 7.11 Å². The van der Waals surface area contributed by atoms with Gasteiger partial charge in [0.2, 0.25) is 5.91 Å². The minimum Gasteiger partial charge on any atom is -0.481 e. The third kappa shape index (κ3) is 5.32. The molecule has 0 aromatic heterocycles. The summed E-state index contributed by atoms with van der Waals surface area (Å²) in [5, 5.41) is 3.37. The Morgan fingerprint density at radius 1 is 1.00 bits per heavy atom. The van der Waals surface area contributed by atoms with Crippen molar-refractivity contribution in [2.24, 2.45) is 5.73 Å². The number of nitrogens with one attached hydrogen (secondary N) is 1. The molecule has 0 radical (unpaired) electrons. The van der Waals surface area contributed by atoms with Crippen LogP contribution in [0.1, 0.15) is 32.6 Å². The molecule has 26 heavy (non-hydrogen) atoms. The van der Waals surface area contributed by atoms with Crippen molar-refractivity contribution in [1.82, 2.24) is 5.32 Å². The number of methoxy groups -OCH3 is 1. The molecular formula is C20H24N2O4. The largest absolute Gasteiger partial charge is 0.481 e. The topological polar surface area (TPSA) is 90.7 Å². The minimum absolute atomic E-state index is 0.100. The van der Waals surface area contributed by atoms with Crippen LogP contribution in [-0.2, 0) is 22.6 Å². The molecule has 0 saturated heterocycles. The van der Waals surface area contributed by atoms with E-state index in [1.165, 1.54) is 7.11 Å². The lowest BCUT2D eigenvalue weighted by atomic mass is 10.1. The van der Waals surface area contributed by atoms with E-state index in [0.717, 1.165) is 22.3 Å². The van der Waals surface area contributed by atoms with Crippen molar-refractivity contribution >= 4 is 11.9 Å². The number of carbonyl (C=O) groups is 2. The first kappa shape index (κ1) is 19.5. The van der Waals surface area contributed by atoms with Crippen LogP contribution in [0.4, 0.5) is 0 Å². The van der Waals surface area contributed by atoms with Crippen LogP contribution in [0.2, 0.25) is 0 Å². The molecule has 0 atom stereocenters. The molecule has 2 rings (SSSR count). The zero-order valence-electron chi connectivity index (χ0n) is 15.3. The van der Waals surface area contributed by atoms with E-state index in [0.29, 0.717) is 24.4 Å². The lowest BCUT2D eigenvalue weighted by Gasteiger charge is -2.14. The SMILES string of the molecule is COC(=O)COc1c(C)cc(CNCc2ccc(C(N)=O)cc2)cc1C. The molecule has 0 saturated carbocycles. The van der Waals surface area contributed by atoms with Crippen LogP contribution in [0.5, 0.6) is 5.75 Å². The zero-order valence-corrected chi connectivity index (χ0v) is 15.3. The molecule has 0 aliphatic rings. The molecule has 0 unspecified atom stereocenters. The van der Waals surface area contributed by atoms with Crippen LogP contribution in [0.3, 0.4) is 0 Å². The fourth-order valence-corrected chi connectivity index (χ4v) is 2.70. The number of hydrogen-bond acceptors (Lipinski definition) is 5. The first-order chi connectivity index (χ1) is 12.4. The van der Waals surface area contributed by atoms with Crippen LogP contribution >= 0.6 is 0 Å². The third-order valence-electron chi connectivity index (χ3n) is 3.98. The van der Waals surface area contributed by atoms with Gasteiger partial charge in [-0.25, -0.2) is 4.79 Å². The Hall–Kier alpha value is -2.86. The number of carbonyl (C=O) groups excluding carboxylic acids is 2. The summed E-state index contributed by atoms with van der Waals surface area (Å²) in [6.07, 6.45) is 0. The van der Waals surface area contributed by atoms with Crippen molar-refractivity contribution in [3.05, 3.63) is 64.2 Å². The summed E-state index contributed by atoms with van der Waals surface area (Å²) in [7, 11) is 1.33. The van der Waals surface area contributed by atoms with Crippen LogP contribution in [0.25, 0.3) is 0 Å². The van der Waals surface area contributed by atoms with Crippen molar-refractivity contribution in [3.63, 3.8) is 0 Å². The number of nitrogens with two attached hydrogens (primary N) is 1. The molecule has 0 fully saturated rings. The van der Waals surface area contributed by atoms with Gasteiger partial charge in [-0.15, -0.1) is 0 Å². The van der Waals surface area contributed by atoms with Gasteiger partial charge in [-0.05, 0) is 48.2 Å². The summed E-state index contributed by atoms with van der Waals surface area (Å²) < 4.78 is 10.1. The number of hydrogen-bond donors (Lipinski definition) is 2. The van der Waals surface area contributed by atoms with E-state index in [4.69, 9.17) is 10.5 Å². The number of amides is 1. The smallest absolute Gasteiger partial charge is 0.343 e. The van der Waals surface area contributed by atoms with E-state index in [2.05, 4.69) is 10.1 Å². The number of esters is 1. The summed E-state index contributed by atoms with van der Waals surface area (Å²) in [6, 6.07) is 11.3. The van der Waals surface area contributed by atoms with Crippen LogP contribution in [-0.4, -0.2) is 25.6 Å². The molecule has 0 spiro atoms. The Kier molecular flexibility index (Phi) is 6.74. The lowest BCUT2D eigenvalue weighted by Crippen LogP contribution is -2.15. The van der Waals surface area contributed by atoms with Gasteiger partial charge in [0, 0.05) is 18.7 Å². The van der Waals surface area contributed by atoms with E-state index in [9.17, 15) is 9.59 Å². The second-order valence-corrected chi connectivity index (χ2v) is 6.09. The molecular weight excluding hydrogens is 332 g/mol. The van der Waals surface area contributed by atoms with Gasteiger partial charge in [0.15, 0.2) is 6.61 Å². The van der Waals surface area contributed by atoms with Gasteiger partial charge in [0.1, 0.15) is 5.75 Å². The predicted octanol–water partition coefficient (Wildman–Crippen LogP) is 2.24. The molecule has 0 aliphatic carbocycles. The number of rotatable bonds is 8. The monoisotopic (exact) mass is 356 g/mol. The Morgan fingerprint density at radius 3 is 2.12 bits per heavy atom. The van der Waals surface area contributed by atoms with Gasteiger partial charge >= 0.3 is 5.97 Å². The maximum Gasteiger partial charge on any atom is 0.343 e. The lowest BCUT2D eigenvalue weighted by molar-refractivity contribution is -0.142. The molecule has 138 valence electrons. The van der Waals surface area contributed by atoms with Gasteiger partial charge in [-0.1, -0.05) is 24.3 Å². The van der Waals surface area contributed by atoms with E-state index in [1.807, 2.05) is 38.1 Å². The molecule has 3 N–H and O–H groups in total. The van der Waals surface area contributed by atoms with E-state index in [1.54, 1.807) is 12.1 Å². The maximum atomic E-state index is 11.2. The standard InChI is InChI=1S/C20H24N2O4/c1-13-8-16(9-14(2)19(13)26-12-18(23)25-3)11-22-10-15-4-6-17(7-5-15)20(21)24/h4-9,22H,10-12H2,1-3H3,(H2,21,24). The summed E-state index contributed by atoms with van der Waals surface area (Å²) in [4.78, 5) is 22.3. The van der Waals surface area contributed by atoms with Crippen molar-refractivity contribution < 1.29 is 19.1 Å². The van der Waals surface area contributed by atoms with Crippen LogP contribution < -0.4 is 15.8 Å². The van der Waals surface area contributed by atoms with Gasteiger partial charge in [-0.3, -0.25) is 4.79 Å². The quantitative estimate of drug-likeness (QED) is 0.708. The highest BCUT2D eigenvalue weighted by molar-refractivity contribution is 5.92. The molecule has 6 nitrogen and oxygen atoms in total. The number of primary amides is 1. The van der Waals surface area contributed by atoms with Gasteiger partial charge in [0.25, 0.3) is 0 Å². The van der Waals surface area contributed by atoms with Crippen LogP contribution in [0.15, 0.2) is 36.4 Å². The first-order valence-corrected chi connectivity index (χ1v) is 8.30. The highest BCUT2D eigenvalue weighted by atomic mass is 16.6. The van der Waals surface area contributed by atoms with E-state index in [-0.39, 0.29) is 6.61 Å². The third-order valence-corrected chi connectivity index (χ3v) is 3.98. The number of benzene rings is 2. The molecule has 0 heterocycles. The average Bonchev–Trinajstić information content (AvgIpc) is 2.61. The van der Waals surface area contributed by atoms with Crippen molar-refractivity contribution in [3.8, 4) is 5.75 Å². The van der Waals surface area contributed by atoms with E-state index < -0.39 is 11.9 Å². The fraction of sp³-hybridized carbons (Fsp3) is 0.300. The molecule has 0 bridgehead atoms. The number of ether oxygens (including phenoxy) is 2. The molecule has 1 amide bonds. The van der Waals surface area contributed by atoms with Crippen LogP contribution in [0, 0.1) is 13.8 Å². The second-order valence-electron chi connectivity index (χ2n) is 6.09. The van der Waals surface area contributed by atoms with Crippen molar-refractivity contribution in [2.45, 2.75) is 26.9 Å². The average molecular weight is 356 g/mol. The summed E-state index contributed by atoms with van der Waals surface area (Å²) in [5.74, 6) is -0.122. The maximum absolute atomic E-state index is 11.2. The Balaban J connectivity index is 1.93. The summed E-state index contributed by atoms with van der Waals surface area (Å²) >= 11 is 0. The highest BCUT2D eigenvalue weighted by Crippen LogP contribution is 2.25. The number of aryl methyl sites for hydroxylation is 2. The Labute approximate surface area is 153 Å². The van der Waals surface area contributed by atoms with Gasteiger partial charge in [-0.2, -0.15) is 0 Å². The molecule has 6 heteroatoms. The first-order valence-electron chi connectivity index (χ1n) is 8.30. The van der Waals surface area contributed by atoms with Crippen molar-refractivity contribution in [1.29, 1.82) is 0 Å². The predicted molar refractivity (Wildman–Crippen MR) is 98.9 cm³/mol. The van der Waals surface area contributed by atoms with Crippen molar-refractivity contribution in [2.75, 3.05) is 13.7 Å². The summed E-state index contributed by atoms with van der Waals surface area (Å²) in [5.41, 5.74) is 9.87. The summed E-state index contributed by atoms with van der Waals surface area (Å²) in [6.45, 7) is 5.17. The highest BCUT2D eigenvalue weighted by Gasteiger charge is 2.09. The fourth-order valence-electron chi connectivity index (χ4n) is 2.70. The second kappa shape index (κ2) is 9.01.